The Kier molecular flexibility index (Phi) is 3.74. The van der Waals surface area contributed by atoms with Crippen LogP contribution < -0.4 is 5.73 Å². The highest BCUT2D eigenvalue weighted by molar-refractivity contribution is 5.78. The van der Waals surface area contributed by atoms with E-state index < -0.39 is 0 Å². The predicted octanol–water partition coefficient (Wildman–Crippen LogP) is 2.23. The largest absolute Gasteiger partial charge is 0.335 e. The van der Waals surface area contributed by atoms with E-state index in [1.807, 2.05) is 23.2 Å². The fourth-order valence-electron chi connectivity index (χ4n) is 3.15. The van der Waals surface area contributed by atoms with Crippen molar-refractivity contribution in [1.82, 2.24) is 9.88 Å². The van der Waals surface area contributed by atoms with E-state index in [0.29, 0.717) is 19.0 Å². The Balaban J connectivity index is 1.66. The number of hydrogen-bond acceptors (Lipinski definition) is 3. The van der Waals surface area contributed by atoms with Crippen LogP contribution in [0.3, 0.4) is 0 Å². The van der Waals surface area contributed by atoms with Gasteiger partial charge in [-0.15, -0.1) is 0 Å². The zero-order valence-electron chi connectivity index (χ0n) is 11.9. The first-order valence-corrected chi connectivity index (χ1v) is 7.64. The molecule has 4 heteroatoms. The Morgan fingerprint density at radius 3 is 2.75 bits per heavy atom. The summed E-state index contributed by atoms with van der Waals surface area (Å²) in [5.74, 6) is 0.223. The second kappa shape index (κ2) is 5.52. The second-order valence-corrected chi connectivity index (χ2v) is 6.36. The SMILES string of the molecule is NC1(CC(=O)N(Cc2cccnc2)C2CC2)CCCC1. The summed E-state index contributed by atoms with van der Waals surface area (Å²) in [6, 6.07) is 4.38. The average molecular weight is 273 g/mol. The van der Waals surface area contributed by atoms with Crippen LogP contribution in [0, 0.1) is 0 Å². The summed E-state index contributed by atoms with van der Waals surface area (Å²) in [7, 11) is 0. The van der Waals surface area contributed by atoms with Gasteiger partial charge in [0.2, 0.25) is 5.91 Å². The molecule has 0 aromatic carbocycles. The van der Waals surface area contributed by atoms with Crippen LogP contribution in [-0.2, 0) is 11.3 Å². The number of amides is 1. The Morgan fingerprint density at radius 2 is 2.15 bits per heavy atom. The molecule has 1 heterocycles. The van der Waals surface area contributed by atoms with Crippen molar-refractivity contribution in [2.75, 3.05) is 0 Å². The number of nitrogens with two attached hydrogens (primary N) is 1. The molecule has 0 unspecified atom stereocenters. The predicted molar refractivity (Wildman–Crippen MR) is 77.8 cm³/mol. The van der Waals surface area contributed by atoms with Crippen LogP contribution in [0.1, 0.15) is 50.5 Å². The Hall–Kier alpha value is -1.42. The van der Waals surface area contributed by atoms with E-state index >= 15 is 0 Å². The van der Waals surface area contributed by atoms with Crippen LogP contribution in [0.25, 0.3) is 0 Å². The summed E-state index contributed by atoms with van der Waals surface area (Å²) >= 11 is 0. The summed E-state index contributed by atoms with van der Waals surface area (Å²) in [6.45, 7) is 0.674. The first-order chi connectivity index (χ1) is 9.66. The number of pyridine rings is 1. The molecule has 0 radical (unpaired) electrons. The highest BCUT2D eigenvalue weighted by Crippen LogP contribution is 2.34. The molecule has 2 fully saturated rings. The van der Waals surface area contributed by atoms with E-state index in [9.17, 15) is 4.79 Å². The molecule has 0 atom stereocenters. The normalized spacial score (nSPS) is 20.9. The molecule has 3 rings (SSSR count). The van der Waals surface area contributed by atoms with Gasteiger partial charge in [0.25, 0.3) is 0 Å². The number of nitrogens with zero attached hydrogens (tertiary/aromatic N) is 2. The third-order valence-electron chi connectivity index (χ3n) is 4.49. The lowest BCUT2D eigenvalue weighted by molar-refractivity contribution is -0.133. The highest BCUT2D eigenvalue weighted by atomic mass is 16.2. The van der Waals surface area contributed by atoms with Gasteiger partial charge in [0.05, 0.1) is 0 Å². The molecule has 1 aromatic rings. The Morgan fingerprint density at radius 1 is 1.40 bits per heavy atom. The number of carbonyl (C=O) groups is 1. The lowest BCUT2D eigenvalue weighted by Gasteiger charge is -2.28. The van der Waals surface area contributed by atoms with E-state index in [-0.39, 0.29) is 11.4 Å². The van der Waals surface area contributed by atoms with Crippen molar-refractivity contribution in [2.45, 2.75) is 63.1 Å². The quantitative estimate of drug-likeness (QED) is 0.895. The number of aromatic nitrogens is 1. The maximum atomic E-state index is 12.6. The topological polar surface area (TPSA) is 59.2 Å². The second-order valence-electron chi connectivity index (χ2n) is 6.36. The van der Waals surface area contributed by atoms with Gasteiger partial charge in [-0.2, -0.15) is 0 Å². The summed E-state index contributed by atoms with van der Waals surface area (Å²) in [4.78, 5) is 18.8. The number of hydrogen-bond donors (Lipinski definition) is 1. The summed E-state index contributed by atoms with van der Waals surface area (Å²) in [6.07, 6.45) is 10.7. The fourth-order valence-corrected chi connectivity index (χ4v) is 3.15. The first-order valence-electron chi connectivity index (χ1n) is 7.64. The monoisotopic (exact) mass is 273 g/mol. The molecule has 20 heavy (non-hydrogen) atoms. The summed E-state index contributed by atoms with van der Waals surface area (Å²) < 4.78 is 0. The van der Waals surface area contributed by atoms with Gasteiger partial charge in [-0.05, 0) is 37.3 Å². The zero-order chi connectivity index (χ0) is 14.0. The van der Waals surface area contributed by atoms with Crippen LogP contribution >= 0.6 is 0 Å². The Labute approximate surface area is 120 Å². The molecule has 2 N–H and O–H groups in total. The molecule has 0 aliphatic heterocycles. The van der Waals surface area contributed by atoms with E-state index in [1.165, 1.54) is 0 Å². The van der Waals surface area contributed by atoms with Gasteiger partial charge in [0.1, 0.15) is 0 Å². The maximum Gasteiger partial charge on any atom is 0.224 e. The van der Waals surface area contributed by atoms with Crippen molar-refractivity contribution in [3.05, 3.63) is 30.1 Å². The third-order valence-corrected chi connectivity index (χ3v) is 4.49. The lowest BCUT2D eigenvalue weighted by Crippen LogP contribution is -2.44. The van der Waals surface area contributed by atoms with Gasteiger partial charge in [-0.3, -0.25) is 9.78 Å². The van der Waals surface area contributed by atoms with Gasteiger partial charge in [-0.25, -0.2) is 0 Å². The van der Waals surface area contributed by atoms with Crippen molar-refractivity contribution in [3.8, 4) is 0 Å². The molecular formula is C16H23N3O. The van der Waals surface area contributed by atoms with Crippen LogP contribution in [0.2, 0.25) is 0 Å². The number of rotatable bonds is 5. The molecule has 2 aliphatic rings. The zero-order valence-corrected chi connectivity index (χ0v) is 11.9. The fraction of sp³-hybridized carbons (Fsp3) is 0.625. The number of carbonyl (C=O) groups excluding carboxylic acids is 1. The molecule has 108 valence electrons. The van der Waals surface area contributed by atoms with Crippen LogP contribution in [0.5, 0.6) is 0 Å². The Bertz CT molecular complexity index is 464. The summed E-state index contributed by atoms with van der Waals surface area (Å²) in [5.41, 5.74) is 7.20. The van der Waals surface area contributed by atoms with Gasteiger partial charge >= 0.3 is 0 Å². The van der Waals surface area contributed by atoms with E-state index in [1.54, 1.807) is 6.20 Å². The van der Waals surface area contributed by atoms with E-state index in [4.69, 9.17) is 5.73 Å². The maximum absolute atomic E-state index is 12.6. The van der Waals surface area contributed by atoms with E-state index in [2.05, 4.69) is 4.98 Å². The molecule has 4 nitrogen and oxygen atoms in total. The van der Waals surface area contributed by atoms with Crippen LogP contribution in [0.4, 0.5) is 0 Å². The minimum atomic E-state index is -0.251. The standard InChI is InChI=1S/C16H23N3O/c17-16(7-1-2-8-16)10-15(20)19(14-5-6-14)12-13-4-3-9-18-11-13/h3-4,9,11,14H,1-2,5-8,10,12,17H2. The average Bonchev–Trinajstić information content (AvgIpc) is 3.19. The van der Waals surface area contributed by atoms with Crippen molar-refractivity contribution < 1.29 is 4.79 Å². The molecule has 0 saturated heterocycles. The molecule has 1 aromatic heterocycles. The molecule has 1 amide bonds. The minimum Gasteiger partial charge on any atom is -0.335 e. The van der Waals surface area contributed by atoms with Gasteiger partial charge in [0.15, 0.2) is 0 Å². The molecule has 0 bridgehead atoms. The summed E-state index contributed by atoms with van der Waals surface area (Å²) in [5, 5.41) is 0. The van der Waals surface area contributed by atoms with Crippen molar-refractivity contribution in [2.24, 2.45) is 5.73 Å². The lowest BCUT2D eigenvalue weighted by atomic mass is 9.94. The molecule has 2 aliphatic carbocycles. The molecular weight excluding hydrogens is 250 g/mol. The molecule has 2 saturated carbocycles. The van der Waals surface area contributed by atoms with Crippen LogP contribution in [0.15, 0.2) is 24.5 Å². The van der Waals surface area contributed by atoms with Gasteiger partial charge in [-0.1, -0.05) is 18.9 Å². The van der Waals surface area contributed by atoms with Crippen molar-refractivity contribution in [3.63, 3.8) is 0 Å². The third kappa shape index (κ3) is 3.18. The van der Waals surface area contributed by atoms with Crippen molar-refractivity contribution in [1.29, 1.82) is 0 Å². The smallest absolute Gasteiger partial charge is 0.224 e. The van der Waals surface area contributed by atoms with Gasteiger partial charge in [0, 0.05) is 36.9 Å². The van der Waals surface area contributed by atoms with Crippen LogP contribution in [-0.4, -0.2) is 27.4 Å². The molecule has 0 spiro atoms. The van der Waals surface area contributed by atoms with Gasteiger partial charge < -0.3 is 10.6 Å². The minimum absolute atomic E-state index is 0.223. The van der Waals surface area contributed by atoms with Crippen molar-refractivity contribution >= 4 is 5.91 Å². The highest BCUT2D eigenvalue weighted by Gasteiger charge is 2.37. The van der Waals surface area contributed by atoms with E-state index in [0.717, 1.165) is 44.1 Å². The first kappa shape index (κ1) is 13.6.